The Morgan fingerprint density at radius 2 is 2.05 bits per heavy atom. The van der Waals surface area contributed by atoms with Crippen molar-refractivity contribution in [2.45, 2.75) is 6.42 Å². The quantitative estimate of drug-likeness (QED) is 0.825. The van der Waals surface area contributed by atoms with Crippen LogP contribution in [0.4, 0.5) is 4.39 Å². The molecule has 0 unspecified atom stereocenters. The van der Waals surface area contributed by atoms with Crippen LogP contribution in [0, 0.1) is 17.7 Å². The van der Waals surface area contributed by atoms with Gasteiger partial charge >= 0.3 is 0 Å². The van der Waals surface area contributed by atoms with Crippen molar-refractivity contribution in [3.63, 3.8) is 0 Å². The molecular formula is C16H19FN2O2. The third-order valence-electron chi connectivity index (χ3n) is 3.46. The van der Waals surface area contributed by atoms with Gasteiger partial charge in [0.05, 0.1) is 12.2 Å². The topological polar surface area (TPSA) is 43.8 Å². The summed E-state index contributed by atoms with van der Waals surface area (Å²) in [6.07, 6.45) is 0.304. The van der Waals surface area contributed by atoms with Crippen LogP contribution in [0.2, 0.25) is 0 Å². The largest absolute Gasteiger partial charge is 0.395 e. The van der Waals surface area contributed by atoms with Crippen molar-refractivity contribution in [2.24, 2.45) is 0 Å². The number of aliphatic hydroxyl groups is 1. The van der Waals surface area contributed by atoms with Crippen molar-refractivity contribution in [1.82, 2.24) is 9.80 Å². The Bertz CT molecular complexity index is 569. The lowest BCUT2D eigenvalue weighted by atomic mass is 10.1. The SMILES string of the molecule is CN1CCN(C(=O)c2ccc(F)cc2C#CCCO)CC1. The van der Waals surface area contributed by atoms with E-state index in [-0.39, 0.29) is 12.5 Å². The van der Waals surface area contributed by atoms with Gasteiger partial charge in [0.15, 0.2) is 0 Å². The maximum Gasteiger partial charge on any atom is 0.255 e. The van der Waals surface area contributed by atoms with Crippen LogP contribution in [0.3, 0.4) is 0 Å². The molecule has 1 saturated heterocycles. The molecule has 0 radical (unpaired) electrons. The molecule has 2 rings (SSSR count). The molecular weight excluding hydrogens is 271 g/mol. The van der Waals surface area contributed by atoms with Crippen LogP contribution < -0.4 is 0 Å². The standard InChI is InChI=1S/C16H19FN2O2/c1-18-7-9-19(10-8-18)16(21)15-6-5-14(17)12-13(15)4-2-3-11-20/h5-6,12,20H,3,7-11H2,1H3. The molecule has 1 N–H and O–H groups in total. The van der Waals surface area contributed by atoms with Gasteiger partial charge in [-0.25, -0.2) is 4.39 Å². The fraction of sp³-hybridized carbons (Fsp3) is 0.438. The van der Waals surface area contributed by atoms with Gasteiger partial charge in [-0.05, 0) is 25.2 Å². The summed E-state index contributed by atoms with van der Waals surface area (Å²) in [6.45, 7) is 2.94. The maximum atomic E-state index is 13.4. The fourth-order valence-electron chi connectivity index (χ4n) is 2.20. The molecule has 0 aromatic heterocycles. The van der Waals surface area contributed by atoms with Crippen LogP contribution >= 0.6 is 0 Å². The van der Waals surface area contributed by atoms with E-state index in [1.165, 1.54) is 18.2 Å². The summed E-state index contributed by atoms with van der Waals surface area (Å²) in [5, 5.41) is 8.75. The van der Waals surface area contributed by atoms with Crippen LogP contribution in [-0.2, 0) is 0 Å². The van der Waals surface area contributed by atoms with Crippen molar-refractivity contribution >= 4 is 5.91 Å². The number of amides is 1. The van der Waals surface area contributed by atoms with E-state index in [2.05, 4.69) is 16.7 Å². The number of carbonyl (C=O) groups excluding carboxylic acids is 1. The normalized spacial score (nSPS) is 15.5. The molecule has 0 bridgehead atoms. The predicted octanol–water partition coefficient (Wildman–Crippen LogP) is 0.947. The van der Waals surface area contributed by atoms with Gasteiger partial charge in [0.25, 0.3) is 5.91 Å². The van der Waals surface area contributed by atoms with E-state index >= 15 is 0 Å². The lowest BCUT2D eigenvalue weighted by molar-refractivity contribution is 0.0664. The average Bonchev–Trinajstić information content (AvgIpc) is 2.48. The van der Waals surface area contributed by atoms with Gasteiger partial charge in [-0.3, -0.25) is 4.79 Å². The average molecular weight is 290 g/mol. The van der Waals surface area contributed by atoms with Crippen molar-refractivity contribution < 1.29 is 14.3 Å². The number of carbonyl (C=O) groups is 1. The molecule has 0 saturated carbocycles. The summed E-state index contributed by atoms with van der Waals surface area (Å²) >= 11 is 0. The van der Waals surface area contributed by atoms with Crippen molar-refractivity contribution in [3.8, 4) is 11.8 Å². The third kappa shape index (κ3) is 4.03. The second-order valence-electron chi connectivity index (χ2n) is 5.06. The van der Waals surface area contributed by atoms with Gasteiger partial charge in [-0.15, -0.1) is 0 Å². The molecule has 1 fully saturated rings. The van der Waals surface area contributed by atoms with Crippen LogP contribution in [0.25, 0.3) is 0 Å². The Morgan fingerprint density at radius 1 is 1.33 bits per heavy atom. The second-order valence-corrected chi connectivity index (χ2v) is 5.06. The maximum absolute atomic E-state index is 13.4. The number of piperazine rings is 1. The zero-order valence-electron chi connectivity index (χ0n) is 12.1. The molecule has 1 aromatic rings. The monoisotopic (exact) mass is 290 g/mol. The van der Waals surface area contributed by atoms with Crippen molar-refractivity contribution in [3.05, 3.63) is 35.1 Å². The molecule has 4 nitrogen and oxygen atoms in total. The van der Waals surface area contributed by atoms with Crippen molar-refractivity contribution in [1.29, 1.82) is 0 Å². The number of rotatable bonds is 2. The minimum atomic E-state index is -0.418. The molecule has 0 aliphatic carbocycles. The summed E-state index contributed by atoms with van der Waals surface area (Å²) in [5.41, 5.74) is 0.804. The van der Waals surface area contributed by atoms with Crippen LogP contribution in [0.1, 0.15) is 22.3 Å². The lowest BCUT2D eigenvalue weighted by Crippen LogP contribution is -2.47. The molecule has 1 aliphatic heterocycles. The van der Waals surface area contributed by atoms with E-state index in [4.69, 9.17) is 5.11 Å². The predicted molar refractivity (Wildman–Crippen MR) is 78.4 cm³/mol. The van der Waals surface area contributed by atoms with Gasteiger partial charge in [0.2, 0.25) is 0 Å². The summed E-state index contributed by atoms with van der Waals surface area (Å²) in [5.74, 6) is 4.98. The van der Waals surface area contributed by atoms with E-state index in [1.54, 1.807) is 4.90 Å². The number of nitrogens with zero attached hydrogens (tertiary/aromatic N) is 2. The Kier molecular flexibility index (Phi) is 5.32. The number of halogens is 1. The molecule has 1 aromatic carbocycles. The molecule has 0 atom stereocenters. The Hall–Kier alpha value is -1.90. The minimum Gasteiger partial charge on any atom is -0.395 e. The molecule has 0 spiro atoms. The molecule has 21 heavy (non-hydrogen) atoms. The van der Waals surface area contributed by atoms with E-state index in [0.717, 1.165) is 13.1 Å². The highest BCUT2D eigenvalue weighted by Gasteiger charge is 2.22. The molecule has 1 aliphatic rings. The first-order valence-electron chi connectivity index (χ1n) is 6.99. The third-order valence-corrected chi connectivity index (χ3v) is 3.46. The molecule has 112 valence electrons. The van der Waals surface area contributed by atoms with E-state index in [0.29, 0.717) is 30.6 Å². The zero-order chi connectivity index (χ0) is 15.2. The van der Waals surface area contributed by atoms with E-state index < -0.39 is 5.82 Å². The van der Waals surface area contributed by atoms with Crippen molar-refractivity contribution in [2.75, 3.05) is 39.8 Å². The van der Waals surface area contributed by atoms with Crippen LogP contribution in [-0.4, -0.2) is 60.6 Å². The Labute approximate surface area is 124 Å². The summed E-state index contributed by atoms with van der Waals surface area (Å²) in [6, 6.07) is 4.03. The number of hydrogen-bond donors (Lipinski definition) is 1. The summed E-state index contributed by atoms with van der Waals surface area (Å²) in [4.78, 5) is 16.5. The van der Waals surface area contributed by atoms with Gasteiger partial charge in [-0.2, -0.15) is 0 Å². The highest BCUT2D eigenvalue weighted by Crippen LogP contribution is 2.14. The number of aliphatic hydroxyl groups excluding tert-OH is 1. The zero-order valence-corrected chi connectivity index (χ0v) is 12.1. The first kappa shape index (κ1) is 15.5. The molecule has 1 heterocycles. The Balaban J connectivity index is 2.22. The van der Waals surface area contributed by atoms with Gasteiger partial charge in [0, 0.05) is 38.2 Å². The summed E-state index contributed by atoms with van der Waals surface area (Å²) in [7, 11) is 2.02. The number of likely N-dealkylation sites (N-methyl/N-ethyl adjacent to an activating group) is 1. The first-order chi connectivity index (χ1) is 10.1. The van der Waals surface area contributed by atoms with E-state index in [1.807, 2.05) is 7.05 Å². The smallest absolute Gasteiger partial charge is 0.255 e. The first-order valence-corrected chi connectivity index (χ1v) is 6.99. The fourth-order valence-corrected chi connectivity index (χ4v) is 2.20. The second kappa shape index (κ2) is 7.21. The minimum absolute atomic E-state index is 0.0515. The van der Waals surface area contributed by atoms with Gasteiger partial charge < -0.3 is 14.9 Å². The molecule has 1 amide bonds. The highest BCUT2D eigenvalue weighted by molar-refractivity contribution is 5.96. The van der Waals surface area contributed by atoms with Crippen LogP contribution in [0.15, 0.2) is 18.2 Å². The Morgan fingerprint density at radius 3 is 2.71 bits per heavy atom. The number of benzene rings is 1. The lowest BCUT2D eigenvalue weighted by Gasteiger charge is -2.32. The highest BCUT2D eigenvalue weighted by atomic mass is 19.1. The van der Waals surface area contributed by atoms with Crippen LogP contribution in [0.5, 0.6) is 0 Å². The number of hydrogen-bond acceptors (Lipinski definition) is 3. The molecule has 5 heteroatoms. The summed E-state index contributed by atoms with van der Waals surface area (Å²) < 4.78 is 13.4. The van der Waals surface area contributed by atoms with Gasteiger partial charge in [-0.1, -0.05) is 11.8 Å². The van der Waals surface area contributed by atoms with Gasteiger partial charge in [0.1, 0.15) is 5.82 Å². The van der Waals surface area contributed by atoms with E-state index in [9.17, 15) is 9.18 Å².